The Morgan fingerprint density at radius 2 is 1.62 bits per heavy atom. The number of fused-ring (bicyclic) bond motifs is 2. The van der Waals surface area contributed by atoms with Crippen molar-refractivity contribution in [3.8, 4) is 0 Å². The lowest BCUT2D eigenvalue weighted by molar-refractivity contribution is -0.0595. The van der Waals surface area contributed by atoms with Gasteiger partial charge in [0.25, 0.3) is 0 Å². The van der Waals surface area contributed by atoms with Crippen molar-refractivity contribution in [2.75, 3.05) is 0 Å². The van der Waals surface area contributed by atoms with E-state index in [0.29, 0.717) is 12.1 Å². The number of aryl methyl sites for hydroxylation is 1. The van der Waals surface area contributed by atoms with Crippen LogP contribution in [-0.4, -0.2) is 22.1 Å². The summed E-state index contributed by atoms with van der Waals surface area (Å²) in [6.07, 6.45) is 5.18. The summed E-state index contributed by atoms with van der Waals surface area (Å²) in [5.74, 6) is 0. The third kappa shape index (κ3) is 2.89. The van der Waals surface area contributed by atoms with Crippen LogP contribution < -0.4 is 0 Å². The monoisotopic (exact) mass is 321 g/mol. The van der Waals surface area contributed by atoms with Crippen molar-refractivity contribution in [2.24, 2.45) is 0 Å². The van der Waals surface area contributed by atoms with E-state index in [-0.39, 0.29) is 0 Å². The van der Waals surface area contributed by atoms with E-state index in [1.807, 2.05) is 0 Å². The van der Waals surface area contributed by atoms with Crippen LogP contribution in [0.25, 0.3) is 0 Å². The Morgan fingerprint density at radius 3 is 2.29 bits per heavy atom. The van der Waals surface area contributed by atoms with Gasteiger partial charge in [0, 0.05) is 18.6 Å². The second-order valence-electron chi connectivity index (χ2n) is 7.54. The lowest BCUT2D eigenvalue weighted by atomic mass is 9.80. The van der Waals surface area contributed by atoms with Crippen LogP contribution in [0, 0.1) is 0 Å². The van der Waals surface area contributed by atoms with Crippen LogP contribution in [0.3, 0.4) is 0 Å². The van der Waals surface area contributed by atoms with Crippen LogP contribution in [0.5, 0.6) is 0 Å². The number of aliphatic hydroxyl groups is 1. The molecule has 2 nitrogen and oxygen atoms in total. The Kier molecular flexibility index (Phi) is 4.19. The van der Waals surface area contributed by atoms with Gasteiger partial charge in [-0.05, 0) is 48.8 Å². The average molecular weight is 321 g/mol. The molecular weight excluding hydrogens is 294 g/mol. The molecule has 126 valence electrons. The lowest BCUT2D eigenvalue weighted by Crippen LogP contribution is -2.49. The first-order valence-corrected chi connectivity index (χ1v) is 9.29. The van der Waals surface area contributed by atoms with Gasteiger partial charge in [-0.2, -0.15) is 0 Å². The van der Waals surface area contributed by atoms with Crippen LogP contribution in [0.15, 0.2) is 54.6 Å². The smallest absolute Gasteiger partial charge is 0.0926 e. The number of nitrogens with zero attached hydrogens (tertiary/aromatic N) is 1. The van der Waals surface area contributed by atoms with Gasteiger partial charge in [0.2, 0.25) is 0 Å². The molecule has 2 atom stereocenters. The number of rotatable bonds is 4. The highest BCUT2D eigenvalue weighted by molar-refractivity contribution is 5.30. The van der Waals surface area contributed by atoms with Crippen LogP contribution in [-0.2, 0) is 18.6 Å². The minimum absolute atomic E-state index is 0.499. The maximum Gasteiger partial charge on any atom is 0.0926 e. The molecule has 24 heavy (non-hydrogen) atoms. The summed E-state index contributed by atoms with van der Waals surface area (Å²) in [7, 11) is 0. The van der Waals surface area contributed by atoms with Gasteiger partial charge in [-0.1, -0.05) is 61.5 Å². The molecule has 2 heteroatoms. The van der Waals surface area contributed by atoms with Gasteiger partial charge < -0.3 is 5.11 Å². The van der Waals surface area contributed by atoms with Crippen molar-refractivity contribution >= 4 is 0 Å². The molecule has 2 aromatic rings. The number of benzene rings is 2. The molecule has 2 heterocycles. The molecule has 0 amide bonds. The van der Waals surface area contributed by atoms with E-state index in [2.05, 4.69) is 66.4 Å². The van der Waals surface area contributed by atoms with Crippen LogP contribution in [0.2, 0.25) is 0 Å². The van der Waals surface area contributed by atoms with Gasteiger partial charge in [0.1, 0.15) is 0 Å². The summed E-state index contributed by atoms with van der Waals surface area (Å²) < 4.78 is 0. The Hall–Kier alpha value is -1.64. The molecule has 0 aromatic heterocycles. The molecular formula is C22H27NO. The Balaban J connectivity index is 1.55. The highest BCUT2D eigenvalue weighted by Gasteiger charge is 2.48. The first-order valence-electron chi connectivity index (χ1n) is 9.29. The third-order valence-electron chi connectivity index (χ3n) is 6.00. The van der Waals surface area contributed by atoms with Crippen LogP contribution in [0.1, 0.15) is 49.3 Å². The molecule has 2 unspecified atom stereocenters. The van der Waals surface area contributed by atoms with E-state index in [1.54, 1.807) is 0 Å². The van der Waals surface area contributed by atoms with Crippen molar-refractivity contribution < 1.29 is 5.11 Å². The van der Waals surface area contributed by atoms with E-state index in [9.17, 15) is 5.11 Å². The summed E-state index contributed by atoms with van der Waals surface area (Å²) >= 11 is 0. The Bertz CT molecular complexity index is 682. The molecule has 2 fully saturated rings. The van der Waals surface area contributed by atoms with Gasteiger partial charge in [-0.15, -0.1) is 0 Å². The van der Waals surface area contributed by atoms with E-state index in [4.69, 9.17) is 0 Å². The van der Waals surface area contributed by atoms with Crippen LogP contribution >= 0.6 is 0 Å². The molecule has 2 saturated heterocycles. The summed E-state index contributed by atoms with van der Waals surface area (Å²) in [5, 5.41) is 11.4. The minimum Gasteiger partial charge on any atom is -0.385 e. The molecule has 4 rings (SSSR count). The second-order valence-corrected chi connectivity index (χ2v) is 7.54. The molecule has 2 aliphatic rings. The fourth-order valence-electron chi connectivity index (χ4n) is 4.68. The molecule has 2 aromatic carbocycles. The van der Waals surface area contributed by atoms with Crippen molar-refractivity contribution in [3.05, 3.63) is 71.3 Å². The van der Waals surface area contributed by atoms with Gasteiger partial charge in [-0.3, -0.25) is 4.90 Å². The van der Waals surface area contributed by atoms with Crippen molar-refractivity contribution in [2.45, 2.75) is 63.3 Å². The first kappa shape index (κ1) is 15.9. The van der Waals surface area contributed by atoms with Gasteiger partial charge in [-0.25, -0.2) is 0 Å². The molecule has 0 spiro atoms. The summed E-state index contributed by atoms with van der Waals surface area (Å²) in [4.78, 5) is 2.63. The third-order valence-corrected chi connectivity index (χ3v) is 6.00. The SMILES string of the molecule is CCc1cccc(C2(O)CC3CCC(C2)N3Cc2ccccc2)c1. The summed E-state index contributed by atoms with van der Waals surface area (Å²) in [6, 6.07) is 20.3. The second kappa shape index (κ2) is 6.34. The highest BCUT2D eigenvalue weighted by atomic mass is 16.3. The fraction of sp³-hybridized carbons (Fsp3) is 0.455. The van der Waals surface area contributed by atoms with Gasteiger partial charge >= 0.3 is 0 Å². The quantitative estimate of drug-likeness (QED) is 0.909. The Labute approximate surface area is 145 Å². The predicted octanol–water partition coefficient (Wildman–Crippen LogP) is 4.26. The zero-order valence-corrected chi connectivity index (χ0v) is 14.5. The minimum atomic E-state index is -0.649. The first-order chi connectivity index (χ1) is 11.7. The number of hydrogen-bond acceptors (Lipinski definition) is 2. The standard InChI is InChI=1S/C22H27NO/c1-2-17-9-6-10-19(13-17)22(24)14-20-11-12-21(15-22)23(20)16-18-7-4-3-5-8-18/h3-10,13,20-21,24H,2,11-12,14-16H2,1H3. The zero-order valence-electron chi connectivity index (χ0n) is 14.5. The predicted molar refractivity (Wildman–Crippen MR) is 97.7 cm³/mol. The normalized spacial score (nSPS) is 29.8. The maximum absolute atomic E-state index is 11.4. The fourth-order valence-corrected chi connectivity index (χ4v) is 4.68. The van der Waals surface area contributed by atoms with E-state index >= 15 is 0 Å². The summed E-state index contributed by atoms with van der Waals surface area (Å²) in [6.45, 7) is 3.19. The van der Waals surface area contributed by atoms with E-state index in [0.717, 1.165) is 31.4 Å². The molecule has 0 aliphatic carbocycles. The largest absolute Gasteiger partial charge is 0.385 e. The van der Waals surface area contributed by atoms with Crippen molar-refractivity contribution in [1.29, 1.82) is 0 Å². The maximum atomic E-state index is 11.4. The Morgan fingerprint density at radius 1 is 0.958 bits per heavy atom. The van der Waals surface area contributed by atoms with Crippen molar-refractivity contribution in [3.63, 3.8) is 0 Å². The van der Waals surface area contributed by atoms with Gasteiger partial charge in [0.05, 0.1) is 5.60 Å². The average Bonchev–Trinajstić information content (AvgIpc) is 2.86. The van der Waals surface area contributed by atoms with Crippen LogP contribution in [0.4, 0.5) is 0 Å². The van der Waals surface area contributed by atoms with Gasteiger partial charge in [0.15, 0.2) is 0 Å². The topological polar surface area (TPSA) is 23.5 Å². The van der Waals surface area contributed by atoms with Crippen molar-refractivity contribution in [1.82, 2.24) is 4.90 Å². The molecule has 0 radical (unpaired) electrons. The lowest BCUT2D eigenvalue weighted by Gasteiger charge is -2.44. The molecule has 2 bridgehead atoms. The highest BCUT2D eigenvalue weighted by Crippen LogP contribution is 2.46. The zero-order chi connectivity index (χ0) is 16.6. The summed E-state index contributed by atoms with van der Waals surface area (Å²) in [5.41, 5.74) is 3.18. The number of hydrogen-bond donors (Lipinski definition) is 1. The molecule has 0 saturated carbocycles. The van der Waals surface area contributed by atoms with E-state index in [1.165, 1.54) is 24.0 Å². The van der Waals surface area contributed by atoms with E-state index < -0.39 is 5.60 Å². The number of piperidine rings is 1. The molecule has 1 N–H and O–H groups in total. The molecule has 2 aliphatic heterocycles.